The quantitative estimate of drug-likeness (QED) is 0.708. The van der Waals surface area contributed by atoms with E-state index < -0.39 is 0 Å². The summed E-state index contributed by atoms with van der Waals surface area (Å²) >= 11 is 0. The van der Waals surface area contributed by atoms with Crippen LogP contribution in [0.15, 0.2) is 0 Å². The maximum Gasteiger partial charge on any atom is 0.225 e. The molecule has 0 spiro atoms. The molecule has 2 bridgehead atoms. The predicted octanol–water partition coefficient (Wildman–Crippen LogP) is 3.46. The van der Waals surface area contributed by atoms with Gasteiger partial charge in [0, 0.05) is 18.5 Å². The van der Waals surface area contributed by atoms with Crippen molar-refractivity contribution in [3.8, 4) is 0 Å². The molecule has 2 heteroatoms. The second-order valence-corrected chi connectivity index (χ2v) is 9.10. The standard InChI is InChI=1S/C17H27NO/c1-16(2)7-14-8-17(3,9-16)10-18(14)15(19)13-5-11-4-12(11)6-13/h11-14H,4-10H2,1-3H3. The largest absolute Gasteiger partial charge is 0.339 e. The van der Waals surface area contributed by atoms with E-state index in [0.717, 1.165) is 18.4 Å². The highest BCUT2D eigenvalue weighted by molar-refractivity contribution is 5.80. The first-order valence-corrected chi connectivity index (χ1v) is 8.16. The molecule has 0 aromatic heterocycles. The Bertz CT molecular complexity index is 419. The third-order valence-electron chi connectivity index (χ3n) is 6.29. The van der Waals surface area contributed by atoms with E-state index in [0.29, 0.717) is 28.7 Å². The van der Waals surface area contributed by atoms with E-state index in [1.165, 1.54) is 38.5 Å². The Morgan fingerprint density at radius 1 is 1.05 bits per heavy atom. The Labute approximate surface area is 116 Å². The van der Waals surface area contributed by atoms with Crippen LogP contribution >= 0.6 is 0 Å². The van der Waals surface area contributed by atoms with Crippen molar-refractivity contribution in [3.63, 3.8) is 0 Å². The molecule has 4 rings (SSSR count). The number of carbonyl (C=O) groups is 1. The molecule has 1 aliphatic heterocycles. The van der Waals surface area contributed by atoms with Crippen LogP contribution in [0, 0.1) is 28.6 Å². The SMILES string of the molecule is CC1(C)CC2CC(C)(CN2C(=O)C2CC3CC3C2)C1. The van der Waals surface area contributed by atoms with E-state index in [2.05, 4.69) is 25.7 Å². The zero-order valence-corrected chi connectivity index (χ0v) is 12.6. The van der Waals surface area contributed by atoms with Crippen LogP contribution in [0.1, 0.15) is 59.3 Å². The Morgan fingerprint density at radius 2 is 1.74 bits per heavy atom. The van der Waals surface area contributed by atoms with E-state index in [1.807, 2.05) is 0 Å². The van der Waals surface area contributed by atoms with Crippen LogP contribution in [-0.4, -0.2) is 23.4 Å². The Kier molecular flexibility index (Phi) is 2.29. The number of fused-ring (bicyclic) bond motifs is 3. The fraction of sp³-hybridized carbons (Fsp3) is 0.941. The van der Waals surface area contributed by atoms with Gasteiger partial charge in [-0.15, -0.1) is 0 Å². The van der Waals surface area contributed by atoms with Crippen LogP contribution in [0.4, 0.5) is 0 Å². The van der Waals surface area contributed by atoms with Crippen LogP contribution in [0.25, 0.3) is 0 Å². The molecule has 3 saturated carbocycles. The Morgan fingerprint density at radius 3 is 2.42 bits per heavy atom. The minimum absolute atomic E-state index is 0.384. The molecule has 0 radical (unpaired) electrons. The van der Waals surface area contributed by atoms with Gasteiger partial charge in [0.05, 0.1) is 0 Å². The Balaban J connectivity index is 1.51. The predicted molar refractivity (Wildman–Crippen MR) is 75.6 cm³/mol. The molecule has 1 heterocycles. The van der Waals surface area contributed by atoms with E-state index in [-0.39, 0.29) is 0 Å². The maximum absolute atomic E-state index is 12.8. The van der Waals surface area contributed by atoms with Crippen molar-refractivity contribution < 1.29 is 4.79 Å². The zero-order chi connectivity index (χ0) is 13.4. The summed E-state index contributed by atoms with van der Waals surface area (Å²) in [5.41, 5.74) is 0.814. The second-order valence-electron chi connectivity index (χ2n) is 9.10. The molecule has 4 atom stereocenters. The number of carbonyl (C=O) groups excluding carboxylic acids is 1. The van der Waals surface area contributed by atoms with Crippen molar-refractivity contribution in [2.45, 2.75) is 65.3 Å². The monoisotopic (exact) mass is 261 g/mol. The van der Waals surface area contributed by atoms with Gasteiger partial charge in [0.15, 0.2) is 0 Å². The van der Waals surface area contributed by atoms with Gasteiger partial charge in [-0.25, -0.2) is 0 Å². The maximum atomic E-state index is 12.8. The highest BCUT2D eigenvalue weighted by atomic mass is 16.2. The first kappa shape index (κ1) is 12.2. The summed E-state index contributed by atoms with van der Waals surface area (Å²) in [7, 11) is 0. The van der Waals surface area contributed by atoms with E-state index >= 15 is 0 Å². The number of hydrogen-bond donors (Lipinski definition) is 0. The minimum Gasteiger partial charge on any atom is -0.339 e. The van der Waals surface area contributed by atoms with Crippen molar-refractivity contribution >= 4 is 5.91 Å². The lowest BCUT2D eigenvalue weighted by molar-refractivity contribution is -0.136. The molecule has 0 aromatic rings. The summed E-state index contributed by atoms with van der Waals surface area (Å²) in [4.78, 5) is 15.1. The Hall–Kier alpha value is -0.530. The summed E-state index contributed by atoms with van der Waals surface area (Å²) < 4.78 is 0. The van der Waals surface area contributed by atoms with Gasteiger partial charge >= 0.3 is 0 Å². The summed E-state index contributed by atoms with van der Waals surface area (Å²) in [5, 5.41) is 0. The van der Waals surface area contributed by atoms with Crippen LogP contribution < -0.4 is 0 Å². The van der Waals surface area contributed by atoms with Gasteiger partial charge in [0.25, 0.3) is 0 Å². The smallest absolute Gasteiger partial charge is 0.225 e. The molecule has 1 saturated heterocycles. The molecule has 0 aromatic carbocycles. The lowest BCUT2D eigenvalue weighted by atomic mass is 9.65. The number of amides is 1. The molecule has 0 N–H and O–H groups in total. The highest BCUT2D eigenvalue weighted by Crippen LogP contribution is 2.57. The van der Waals surface area contributed by atoms with E-state index in [4.69, 9.17) is 0 Å². The van der Waals surface area contributed by atoms with Gasteiger partial charge in [-0.1, -0.05) is 20.8 Å². The van der Waals surface area contributed by atoms with E-state index in [1.54, 1.807) is 0 Å². The molecule has 3 aliphatic carbocycles. The van der Waals surface area contributed by atoms with Crippen LogP contribution in [0.5, 0.6) is 0 Å². The summed E-state index contributed by atoms with van der Waals surface area (Å²) in [6, 6.07) is 0.540. The average Bonchev–Trinajstić information content (AvgIpc) is 2.79. The van der Waals surface area contributed by atoms with Crippen LogP contribution in [0.2, 0.25) is 0 Å². The van der Waals surface area contributed by atoms with E-state index in [9.17, 15) is 4.79 Å². The average molecular weight is 261 g/mol. The van der Waals surface area contributed by atoms with Crippen molar-refractivity contribution in [1.29, 1.82) is 0 Å². The fourth-order valence-corrected chi connectivity index (χ4v) is 5.87. The van der Waals surface area contributed by atoms with Gasteiger partial charge in [-0.2, -0.15) is 0 Å². The fourth-order valence-electron chi connectivity index (χ4n) is 5.87. The third kappa shape index (κ3) is 1.94. The third-order valence-corrected chi connectivity index (χ3v) is 6.29. The molecule has 106 valence electrons. The number of nitrogens with zero attached hydrogens (tertiary/aromatic N) is 1. The van der Waals surface area contributed by atoms with Crippen molar-refractivity contribution in [3.05, 3.63) is 0 Å². The number of rotatable bonds is 1. The van der Waals surface area contributed by atoms with Crippen molar-refractivity contribution in [2.24, 2.45) is 28.6 Å². The lowest BCUT2D eigenvalue weighted by Gasteiger charge is -2.39. The summed E-state index contributed by atoms with van der Waals surface area (Å²) in [6.45, 7) is 8.21. The number of likely N-dealkylation sites (tertiary alicyclic amines) is 1. The first-order chi connectivity index (χ1) is 8.85. The normalized spacial score (nSPS) is 50.2. The molecule has 4 aliphatic rings. The molecule has 2 nitrogen and oxygen atoms in total. The van der Waals surface area contributed by atoms with Crippen molar-refractivity contribution in [2.75, 3.05) is 6.54 Å². The van der Waals surface area contributed by atoms with Crippen molar-refractivity contribution in [1.82, 2.24) is 4.90 Å². The van der Waals surface area contributed by atoms with Crippen LogP contribution in [0.3, 0.4) is 0 Å². The molecular weight excluding hydrogens is 234 g/mol. The summed E-state index contributed by atoms with van der Waals surface area (Å²) in [6.07, 6.45) is 7.57. The second kappa shape index (κ2) is 3.56. The zero-order valence-electron chi connectivity index (χ0n) is 12.6. The lowest BCUT2D eigenvalue weighted by Crippen LogP contribution is -2.40. The first-order valence-electron chi connectivity index (χ1n) is 8.16. The van der Waals surface area contributed by atoms with Crippen LogP contribution in [-0.2, 0) is 4.79 Å². The minimum atomic E-state index is 0.384. The molecule has 19 heavy (non-hydrogen) atoms. The van der Waals surface area contributed by atoms with Gasteiger partial charge in [0.2, 0.25) is 5.91 Å². The molecule has 4 unspecified atom stereocenters. The molecular formula is C17H27NO. The van der Waals surface area contributed by atoms with Gasteiger partial charge in [-0.05, 0) is 61.2 Å². The number of hydrogen-bond acceptors (Lipinski definition) is 1. The van der Waals surface area contributed by atoms with Gasteiger partial charge in [0.1, 0.15) is 0 Å². The highest BCUT2D eigenvalue weighted by Gasteiger charge is 2.54. The molecule has 1 amide bonds. The summed E-state index contributed by atoms with van der Waals surface area (Å²) in [5.74, 6) is 2.74. The van der Waals surface area contributed by atoms with Gasteiger partial charge in [-0.3, -0.25) is 4.79 Å². The topological polar surface area (TPSA) is 20.3 Å². The van der Waals surface area contributed by atoms with Gasteiger partial charge < -0.3 is 4.90 Å². The molecule has 4 fully saturated rings.